The van der Waals surface area contributed by atoms with Gasteiger partial charge < -0.3 is 14.5 Å². The highest BCUT2D eigenvalue weighted by atomic mass is 32.2. The van der Waals surface area contributed by atoms with Crippen molar-refractivity contribution in [1.82, 2.24) is 9.80 Å². The Morgan fingerprint density at radius 2 is 1.93 bits per heavy atom. The van der Waals surface area contributed by atoms with E-state index in [4.69, 9.17) is 4.74 Å². The lowest BCUT2D eigenvalue weighted by molar-refractivity contribution is -0.137. The molecule has 2 saturated heterocycles. The third-order valence-corrected chi connectivity index (χ3v) is 6.23. The Morgan fingerprint density at radius 3 is 2.57 bits per heavy atom. The maximum Gasteiger partial charge on any atom is 0.228 e. The molecule has 2 amide bonds. The van der Waals surface area contributed by atoms with Crippen molar-refractivity contribution in [1.29, 1.82) is 0 Å². The van der Waals surface area contributed by atoms with Gasteiger partial charge in [-0.3, -0.25) is 14.5 Å². The number of anilines is 1. The second-order valence-corrected chi connectivity index (χ2v) is 9.66. The van der Waals surface area contributed by atoms with Gasteiger partial charge in [0.15, 0.2) is 0 Å². The Balaban J connectivity index is 1.55. The molecule has 3 rings (SSSR count). The fraction of sp³-hybridized carbons (Fsp3) is 0.579. The van der Waals surface area contributed by atoms with E-state index in [-0.39, 0.29) is 29.9 Å². The molecular weight excluding hydrogens is 382 g/mol. The van der Waals surface area contributed by atoms with Crippen LogP contribution in [0.5, 0.6) is 5.75 Å². The number of sulfone groups is 1. The minimum atomic E-state index is -2.98. The number of carbonyl (C=O) groups excluding carboxylic acids is 2. The summed E-state index contributed by atoms with van der Waals surface area (Å²) < 4.78 is 27.8. The maximum atomic E-state index is 12.9. The average Bonchev–Trinajstić information content (AvgIpc) is 3.07. The fourth-order valence-corrected chi connectivity index (χ4v) is 4.24. The van der Waals surface area contributed by atoms with Gasteiger partial charge in [-0.25, -0.2) is 8.42 Å². The summed E-state index contributed by atoms with van der Waals surface area (Å²) in [5, 5.41) is 0. The molecule has 0 radical (unpaired) electrons. The normalized spacial score (nSPS) is 21.2. The lowest BCUT2D eigenvalue weighted by Crippen LogP contribution is -2.51. The number of piperazine rings is 1. The van der Waals surface area contributed by atoms with Gasteiger partial charge in [-0.2, -0.15) is 0 Å². The van der Waals surface area contributed by atoms with Crippen LogP contribution in [0.4, 0.5) is 5.69 Å². The van der Waals surface area contributed by atoms with E-state index in [1.165, 1.54) is 6.26 Å². The minimum absolute atomic E-state index is 0.00140. The first-order chi connectivity index (χ1) is 13.3. The first-order valence-corrected chi connectivity index (χ1v) is 11.5. The quantitative estimate of drug-likeness (QED) is 0.669. The zero-order valence-electron chi connectivity index (χ0n) is 16.3. The molecule has 154 valence electrons. The van der Waals surface area contributed by atoms with Crippen LogP contribution in [0.1, 0.15) is 6.42 Å². The summed E-state index contributed by atoms with van der Waals surface area (Å²) in [5.74, 6) is 0.402. The Hall–Kier alpha value is -2.13. The van der Waals surface area contributed by atoms with Gasteiger partial charge in [0.2, 0.25) is 11.8 Å². The first-order valence-electron chi connectivity index (χ1n) is 9.40. The van der Waals surface area contributed by atoms with Crippen LogP contribution < -0.4 is 9.64 Å². The van der Waals surface area contributed by atoms with Crippen molar-refractivity contribution in [2.45, 2.75) is 6.42 Å². The molecule has 0 spiro atoms. The standard InChI is InChI=1S/C19H27N3O5S/c1-27-17-5-3-4-16(13-17)22-14-15(12-18(22)23)19(24)21-8-6-20(7-9-21)10-11-28(2,25)26/h3-5,13,15H,6-12,14H2,1-2H3. The second-order valence-electron chi connectivity index (χ2n) is 7.40. The van der Waals surface area contributed by atoms with E-state index in [1.807, 2.05) is 18.2 Å². The number of benzene rings is 1. The van der Waals surface area contributed by atoms with Crippen molar-refractivity contribution < 1.29 is 22.7 Å². The highest BCUT2D eigenvalue weighted by molar-refractivity contribution is 7.90. The predicted octanol–water partition coefficient (Wildman–Crippen LogP) is 0.237. The molecule has 1 atom stereocenters. The molecule has 8 nitrogen and oxygen atoms in total. The van der Waals surface area contributed by atoms with E-state index >= 15 is 0 Å². The summed E-state index contributed by atoms with van der Waals surface area (Å²) >= 11 is 0. The topological polar surface area (TPSA) is 87.2 Å². The molecule has 2 heterocycles. The van der Waals surface area contributed by atoms with Gasteiger partial charge in [0.25, 0.3) is 0 Å². The van der Waals surface area contributed by atoms with E-state index < -0.39 is 9.84 Å². The van der Waals surface area contributed by atoms with Crippen LogP contribution in [0.25, 0.3) is 0 Å². The molecule has 1 unspecified atom stereocenters. The van der Waals surface area contributed by atoms with Gasteiger partial charge in [0.1, 0.15) is 15.6 Å². The van der Waals surface area contributed by atoms with E-state index in [0.717, 1.165) is 5.69 Å². The highest BCUT2D eigenvalue weighted by Gasteiger charge is 2.38. The van der Waals surface area contributed by atoms with Crippen LogP contribution in [0, 0.1) is 5.92 Å². The van der Waals surface area contributed by atoms with Crippen LogP contribution in [-0.2, 0) is 19.4 Å². The zero-order valence-corrected chi connectivity index (χ0v) is 17.2. The van der Waals surface area contributed by atoms with Crippen LogP contribution in [0.2, 0.25) is 0 Å². The van der Waals surface area contributed by atoms with Gasteiger partial charge in [-0.1, -0.05) is 6.07 Å². The smallest absolute Gasteiger partial charge is 0.228 e. The lowest BCUT2D eigenvalue weighted by Gasteiger charge is -2.35. The van der Waals surface area contributed by atoms with Crippen molar-refractivity contribution >= 4 is 27.3 Å². The van der Waals surface area contributed by atoms with E-state index in [2.05, 4.69) is 4.90 Å². The third kappa shape index (κ3) is 5.02. The first kappa shape index (κ1) is 20.6. The van der Waals surface area contributed by atoms with E-state index in [0.29, 0.717) is 45.0 Å². The highest BCUT2D eigenvalue weighted by Crippen LogP contribution is 2.29. The Bertz CT molecular complexity index is 834. The SMILES string of the molecule is COc1cccc(N2CC(C(=O)N3CCN(CCS(C)(=O)=O)CC3)CC2=O)c1. The number of methoxy groups -OCH3 is 1. The molecule has 2 aliphatic heterocycles. The van der Waals surface area contributed by atoms with Gasteiger partial charge in [-0.15, -0.1) is 0 Å². The third-order valence-electron chi connectivity index (χ3n) is 5.30. The molecule has 1 aromatic carbocycles. The zero-order chi connectivity index (χ0) is 20.3. The summed E-state index contributed by atoms with van der Waals surface area (Å²) in [7, 11) is -1.41. The molecule has 0 bridgehead atoms. The number of hydrogen-bond acceptors (Lipinski definition) is 6. The molecule has 2 fully saturated rings. The monoisotopic (exact) mass is 409 g/mol. The van der Waals surface area contributed by atoms with E-state index in [1.54, 1.807) is 23.0 Å². The number of ether oxygens (including phenoxy) is 1. The summed E-state index contributed by atoms with van der Waals surface area (Å²) in [6, 6.07) is 7.28. The summed E-state index contributed by atoms with van der Waals surface area (Å²) in [4.78, 5) is 30.8. The molecule has 2 aliphatic rings. The van der Waals surface area contributed by atoms with Crippen molar-refractivity contribution in [2.75, 3.05) is 63.3 Å². The van der Waals surface area contributed by atoms with Crippen LogP contribution in [0.15, 0.2) is 24.3 Å². The molecule has 0 aromatic heterocycles. The van der Waals surface area contributed by atoms with Gasteiger partial charge in [-0.05, 0) is 12.1 Å². The molecule has 0 N–H and O–H groups in total. The molecule has 0 saturated carbocycles. The van der Waals surface area contributed by atoms with Crippen LogP contribution in [0.3, 0.4) is 0 Å². The minimum Gasteiger partial charge on any atom is -0.497 e. The average molecular weight is 410 g/mol. The molecule has 9 heteroatoms. The number of rotatable bonds is 6. The Labute approximate surface area is 166 Å². The molecular formula is C19H27N3O5S. The van der Waals surface area contributed by atoms with Gasteiger partial charge >= 0.3 is 0 Å². The van der Waals surface area contributed by atoms with Gasteiger partial charge in [0.05, 0.1) is 18.8 Å². The number of hydrogen-bond donors (Lipinski definition) is 0. The van der Waals surface area contributed by atoms with Crippen LogP contribution in [-0.4, -0.2) is 88.4 Å². The number of nitrogens with zero attached hydrogens (tertiary/aromatic N) is 3. The predicted molar refractivity (Wildman–Crippen MR) is 106 cm³/mol. The van der Waals surface area contributed by atoms with Crippen molar-refractivity contribution in [2.24, 2.45) is 5.92 Å². The summed E-state index contributed by atoms with van der Waals surface area (Å²) in [5.41, 5.74) is 0.741. The molecule has 28 heavy (non-hydrogen) atoms. The Kier molecular flexibility index (Phi) is 6.24. The molecule has 1 aromatic rings. The van der Waals surface area contributed by atoms with Crippen molar-refractivity contribution in [3.63, 3.8) is 0 Å². The summed E-state index contributed by atoms with van der Waals surface area (Å²) in [6.45, 7) is 3.30. The van der Waals surface area contributed by atoms with Crippen molar-refractivity contribution in [3.8, 4) is 5.75 Å². The lowest BCUT2D eigenvalue weighted by atomic mass is 10.1. The van der Waals surface area contributed by atoms with Crippen molar-refractivity contribution in [3.05, 3.63) is 24.3 Å². The molecule has 0 aliphatic carbocycles. The summed E-state index contributed by atoms with van der Waals surface area (Å²) in [6.07, 6.45) is 1.45. The largest absolute Gasteiger partial charge is 0.497 e. The number of amides is 2. The van der Waals surface area contributed by atoms with Gasteiger partial charge in [0, 0.05) is 63.7 Å². The maximum absolute atomic E-state index is 12.9. The Morgan fingerprint density at radius 1 is 1.21 bits per heavy atom. The van der Waals surface area contributed by atoms with E-state index in [9.17, 15) is 18.0 Å². The number of carbonyl (C=O) groups is 2. The second kappa shape index (κ2) is 8.48. The van der Waals surface area contributed by atoms with Crippen LogP contribution >= 0.6 is 0 Å². The fourth-order valence-electron chi connectivity index (χ4n) is 3.65.